The van der Waals surface area contributed by atoms with E-state index in [1.807, 2.05) is 0 Å². The van der Waals surface area contributed by atoms with E-state index in [9.17, 15) is 9.50 Å². The number of nitriles is 1. The van der Waals surface area contributed by atoms with E-state index in [1.54, 1.807) is 44.2 Å². The van der Waals surface area contributed by atoms with Gasteiger partial charge in [-0.05, 0) is 49.2 Å². The summed E-state index contributed by atoms with van der Waals surface area (Å²) in [7, 11) is 0. The first kappa shape index (κ1) is 15.0. The fourth-order valence-corrected chi connectivity index (χ4v) is 1.98. The van der Waals surface area contributed by atoms with Crippen molar-refractivity contribution in [2.45, 2.75) is 26.4 Å². The molecule has 0 heterocycles. The summed E-state index contributed by atoms with van der Waals surface area (Å²) in [6.45, 7) is 3.21. The first-order valence-electron chi connectivity index (χ1n) is 6.63. The third-order valence-electron chi connectivity index (χ3n) is 3.18. The molecule has 0 unspecified atom stereocenters. The van der Waals surface area contributed by atoms with Gasteiger partial charge in [0, 0.05) is 5.56 Å². The van der Waals surface area contributed by atoms with Gasteiger partial charge in [0.05, 0.1) is 18.6 Å². The molecule has 3 nitrogen and oxygen atoms in total. The van der Waals surface area contributed by atoms with E-state index in [0.29, 0.717) is 29.0 Å². The zero-order valence-electron chi connectivity index (χ0n) is 11.9. The van der Waals surface area contributed by atoms with Gasteiger partial charge in [0.25, 0.3) is 0 Å². The molecule has 0 radical (unpaired) electrons. The molecular formula is C17H16FNO2. The molecule has 1 atom stereocenters. The first-order chi connectivity index (χ1) is 10.0. The van der Waals surface area contributed by atoms with E-state index < -0.39 is 6.10 Å². The lowest BCUT2D eigenvalue weighted by Crippen LogP contribution is -1.99. The molecule has 0 saturated carbocycles. The van der Waals surface area contributed by atoms with Gasteiger partial charge in [-0.15, -0.1) is 0 Å². The SMILES string of the molecule is Cc1cc(Oc2ccc(CC#N)cc2)c([C@H](C)O)cc1F. The summed E-state index contributed by atoms with van der Waals surface area (Å²) in [4.78, 5) is 0. The summed E-state index contributed by atoms with van der Waals surface area (Å²) < 4.78 is 19.3. The summed E-state index contributed by atoms with van der Waals surface area (Å²) >= 11 is 0. The second-order valence-corrected chi connectivity index (χ2v) is 4.90. The normalized spacial score (nSPS) is 11.8. The molecule has 0 bridgehead atoms. The predicted molar refractivity (Wildman–Crippen MR) is 77.6 cm³/mol. The number of halogens is 1. The fourth-order valence-electron chi connectivity index (χ4n) is 1.98. The molecule has 0 aliphatic heterocycles. The highest BCUT2D eigenvalue weighted by Crippen LogP contribution is 2.32. The number of nitrogens with zero attached hydrogens (tertiary/aromatic N) is 1. The molecule has 2 aromatic rings. The number of aliphatic hydroxyl groups is 1. The minimum absolute atomic E-state index is 0.342. The lowest BCUT2D eigenvalue weighted by Gasteiger charge is -2.15. The van der Waals surface area contributed by atoms with Crippen LogP contribution in [0.3, 0.4) is 0 Å². The summed E-state index contributed by atoms with van der Waals surface area (Å²) in [5, 5.41) is 18.4. The van der Waals surface area contributed by atoms with Crippen LogP contribution in [0.15, 0.2) is 36.4 Å². The Labute approximate surface area is 123 Å². The summed E-state index contributed by atoms with van der Waals surface area (Å²) in [5.74, 6) is 0.629. The second-order valence-electron chi connectivity index (χ2n) is 4.90. The van der Waals surface area contributed by atoms with Gasteiger partial charge in [-0.1, -0.05) is 12.1 Å². The molecule has 1 N–H and O–H groups in total. The van der Waals surface area contributed by atoms with Gasteiger partial charge in [-0.25, -0.2) is 4.39 Å². The number of aryl methyl sites for hydroxylation is 1. The van der Waals surface area contributed by atoms with Gasteiger partial charge in [0.1, 0.15) is 17.3 Å². The van der Waals surface area contributed by atoms with Crippen molar-refractivity contribution in [3.8, 4) is 17.6 Å². The average molecular weight is 285 g/mol. The highest BCUT2D eigenvalue weighted by molar-refractivity contribution is 5.42. The molecule has 0 amide bonds. The van der Waals surface area contributed by atoms with E-state index in [1.165, 1.54) is 6.07 Å². The van der Waals surface area contributed by atoms with E-state index in [4.69, 9.17) is 10.00 Å². The van der Waals surface area contributed by atoms with Crippen molar-refractivity contribution in [3.05, 3.63) is 58.9 Å². The Balaban J connectivity index is 2.30. The number of aliphatic hydroxyl groups excluding tert-OH is 1. The summed E-state index contributed by atoms with van der Waals surface area (Å²) in [5.41, 5.74) is 1.76. The largest absolute Gasteiger partial charge is 0.457 e. The molecule has 108 valence electrons. The van der Waals surface area contributed by atoms with Gasteiger partial charge in [-0.2, -0.15) is 5.26 Å². The summed E-state index contributed by atoms with van der Waals surface area (Å²) in [6.07, 6.45) is -0.484. The van der Waals surface area contributed by atoms with Gasteiger partial charge in [0.2, 0.25) is 0 Å². The van der Waals surface area contributed by atoms with Crippen LogP contribution >= 0.6 is 0 Å². The molecular weight excluding hydrogens is 269 g/mol. The van der Waals surface area contributed by atoms with Crippen LogP contribution in [0.25, 0.3) is 0 Å². The summed E-state index contributed by atoms with van der Waals surface area (Å²) in [6, 6.07) is 12.0. The molecule has 21 heavy (non-hydrogen) atoms. The third-order valence-corrected chi connectivity index (χ3v) is 3.18. The fraction of sp³-hybridized carbons (Fsp3) is 0.235. The number of ether oxygens (including phenoxy) is 1. The Bertz CT molecular complexity index is 672. The topological polar surface area (TPSA) is 53.2 Å². The molecule has 4 heteroatoms. The maximum Gasteiger partial charge on any atom is 0.133 e. The van der Waals surface area contributed by atoms with Crippen molar-refractivity contribution < 1.29 is 14.2 Å². The predicted octanol–water partition coefficient (Wildman–Crippen LogP) is 4.05. The Morgan fingerprint density at radius 2 is 1.95 bits per heavy atom. The smallest absolute Gasteiger partial charge is 0.133 e. The molecule has 2 rings (SSSR count). The van der Waals surface area contributed by atoms with E-state index in [0.717, 1.165) is 5.56 Å². The molecule has 0 aliphatic carbocycles. The number of benzene rings is 2. The van der Waals surface area contributed by atoms with Crippen molar-refractivity contribution in [1.82, 2.24) is 0 Å². The minimum atomic E-state index is -0.826. The first-order valence-corrected chi connectivity index (χ1v) is 6.63. The zero-order chi connectivity index (χ0) is 15.4. The minimum Gasteiger partial charge on any atom is -0.457 e. The second kappa shape index (κ2) is 6.38. The highest BCUT2D eigenvalue weighted by Gasteiger charge is 2.13. The van der Waals surface area contributed by atoms with Crippen molar-refractivity contribution in [1.29, 1.82) is 5.26 Å². The number of hydrogen-bond donors (Lipinski definition) is 1. The van der Waals surface area contributed by atoms with Crippen LogP contribution in [0.4, 0.5) is 4.39 Å². The van der Waals surface area contributed by atoms with E-state index in [2.05, 4.69) is 6.07 Å². The van der Waals surface area contributed by atoms with E-state index >= 15 is 0 Å². The van der Waals surface area contributed by atoms with Crippen LogP contribution in [0.1, 0.15) is 29.7 Å². The zero-order valence-corrected chi connectivity index (χ0v) is 11.9. The molecule has 0 aliphatic rings. The quantitative estimate of drug-likeness (QED) is 0.922. The standard InChI is InChI=1S/C17H16FNO2/c1-11-9-17(15(12(2)20)10-16(11)18)21-14-5-3-13(4-6-14)7-8-19/h3-6,9-10,12,20H,7H2,1-2H3/t12-/m0/s1. The Kier molecular flexibility index (Phi) is 4.56. The van der Waals surface area contributed by atoms with Crippen LogP contribution < -0.4 is 4.74 Å². The number of hydrogen-bond acceptors (Lipinski definition) is 3. The number of rotatable bonds is 4. The van der Waals surface area contributed by atoms with Crippen LogP contribution in [0.2, 0.25) is 0 Å². The lowest BCUT2D eigenvalue weighted by atomic mass is 10.1. The van der Waals surface area contributed by atoms with Crippen molar-refractivity contribution in [3.63, 3.8) is 0 Å². The highest BCUT2D eigenvalue weighted by atomic mass is 19.1. The van der Waals surface area contributed by atoms with Crippen molar-refractivity contribution in [2.24, 2.45) is 0 Å². The van der Waals surface area contributed by atoms with E-state index in [-0.39, 0.29) is 5.82 Å². The van der Waals surface area contributed by atoms with Gasteiger partial charge >= 0.3 is 0 Å². The monoisotopic (exact) mass is 285 g/mol. The van der Waals surface area contributed by atoms with Crippen LogP contribution in [0.5, 0.6) is 11.5 Å². The Morgan fingerprint density at radius 3 is 2.52 bits per heavy atom. The molecule has 0 saturated heterocycles. The Morgan fingerprint density at radius 1 is 1.29 bits per heavy atom. The van der Waals surface area contributed by atoms with Crippen LogP contribution in [-0.4, -0.2) is 5.11 Å². The average Bonchev–Trinajstić information content (AvgIpc) is 2.44. The van der Waals surface area contributed by atoms with Gasteiger partial charge in [-0.3, -0.25) is 0 Å². The Hall–Kier alpha value is -2.38. The molecule has 0 spiro atoms. The van der Waals surface area contributed by atoms with Crippen molar-refractivity contribution >= 4 is 0 Å². The maximum atomic E-state index is 13.6. The van der Waals surface area contributed by atoms with Gasteiger partial charge in [0.15, 0.2) is 0 Å². The molecule has 2 aromatic carbocycles. The third kappa shape index (κ3) is 3.59. The maximum absolute atomic E-state index is 13.6. The van der Waals surface area contributed by atoms with Crippen molar-refractivity contribution in [2.75, 3.05) is 0 Å². The van der Waals surface area contributed by atoms with Gasteiger partial charge < -0.3 is 9.84 Å². The lowest BCUT2D eigenvalue weighted by molar-refractivity contribution is 0.195. The molecule has 0 aromatic heterocycles. The van der Waals surface area contributed by atoms with Crippen LogP contribution in [0, 0.1) is 24.1 Å². The van der Waals surface area contributed by atoms with Crippen LogP contribution in [-0.2, 0) is 6.42 Å². The molecule has 0 fully saturated rings.